The Bertz CT molecular complexity index is 1320. The molecule has 0 saturated carbocycles. The SMILES string of the molecule is CC(=O)c1ccc(N2C(=O)[C@H]3[C@@H](C2=O)[C@@]2(N[C@@H]3CCC(N)=O)C(=O)Nc3c2ccc(Cl)c3C)cc1. The van der Waals surface area contributed by atoms with Crippen LogP contribution in [0.25, 0.3) is 0 Å². The van der Waals surface area contributed by atoms with Gasteiger partial charge in [0.1, 0.15) is 5.54 Å². The van der Waals surface area contributed by atoms with Gasteiger partial charge in [-0.15, -0.1) is 0 Å². The van der Waals surface area contributed by atoms with Crippen LogP contribution in [0.4, 0.5) is 11.4 Å². The number of nitrogens with one attached hydrogen (secondary N) is 2. The third-order valence-corrected chi connectivity index (χ3v) is 7.73. The molecule has 0 aliphatic carbocycles. The summed E-state index contributed by atoms with van der Waals surface area (Å²) in [7, 11) is 0. The fourth-order valence-electron chi connectivity index (χ4n) is 5.64. The topological polar surface area (TPSA) is 139 Å². The van der Waals surface area contributed by atoms with E-state index in [0.29, 0.717) is 33.1 Å². The Labute approximate surface area is 206 Å². The maximum atomic E-state index is 13.9. The van der Waals surface area contributed by atoms with Crippen molar-refractivity contribution in [2.24, 2.45) is 17.6 Å². The lowest BCUT2D eigenvalue weighted by atomic mass is 9.76. The zero-order valence-electron chi connectivity index (χ0n) is 19.1. The Morgan fingerprint density at radius 3 is 2.40 bits per heavy atom. The van der Waals surface area contributed by atoms with Gasteiger partial charge in [0.25, 0.3) is 0 Å². The molecule has 0 radical (unpaired) electrons. The van der Waals surface area contributed by atoms with Crippen LogP contribution in [0, 0.1) is 18.8 Å². The molecule has 35 heavy (non-hydrogen) atoms. The molecule has 4 atom stereocenters. The molecular formula is C25H23ClN4O5. The summed E-state index contributed by atoms with van der Waals surface area (Å²) in [6, 6.07) is 8.88. The highest BCUT2D eigenvalue weighted by Gasteiger charge is 2.70. The van der Waals surface area contributed by atoms with Crippen LogP contribution in [-0.4, -0.2) is 35.5 Å². The monoisotopic (exact) mass is 494 g/mol. The minimum absolute atomic E-state index is 0.0140. The second-order valence-corrected chi connectivity index (χ2v) is 9.64. The summed E-state index contributed by atoms with van der Waals surface area (Å²) in [5.74, 6) is -4.07. The van der Waals surface area contributed by atoms with Gasteiger partial charge in [-0.1, -0.05) is 17.7 Å². The zero-order chi connectivity index (χ0) is 25.2. The van der Waals surface area contributed by atoms with Gasteiger partial charge in [0.2, 0.25) is 23.6 Å². The number of primary amides is 1. The van der Waals surface area contributed by atoms with E-state index in [1.165, 1.54) is 6.92 Å². The van der Waals surface area contributed by atoms with Crippen molar-refractivity contribution in [2.45, 2.75) is 38.3 Å². The number of hydrogen-bond acceptors (Lipinski definition) is 6. The van der Waals surface area contributed by atoms with Gasteiger partial charge >= 0.3 is 0 Å². The van der Waals surface area contributed by atoms with E-state index in [2.05, 4.69) is 10.6 Å². The van der Waals surface area contributed by atoms with Gasteiger partial charge in [0, 0.05) is 28.6 Å². The van der Waals surface area contributed by atoms with E-state index in [1.807, 2.05) is 0 Å². The van der Waals surface area contributed by atoms with Gasteiger partial charge < -0.3 is 11.1 Å². The number of halogens is 1. The Hall–Kier alpha value is -3.56. The first-order valence-electron chi connectivity index (χ1n) is 11.2. The number of rotatable bonds is 5. The summed E-state index contributed by atoms with van der Waals surface area (Å²) in [5.41, 5.74) is 6.32. The van der Waals surface area contributed by atoms with Gasteiger partial charge in [-0.05, 0) is 56.2 Å². The third-order valence-electron chi connectivity index (χ3n) is 7.32. The van der Waals surface area contributed by atoms with E-state index in [1.54, 1.807) is 43.3 Å². The summed E-state index contributed by atoms with van der Waals surface area (Å²) in [6.07, 6.45) is 0.170. The molecule has 2 aromatic rings. The van der Waals surface area contributed by atoms with Crippen LogP contribution in [0.2, 0.25) is 5.02 Å². The fraction of sp³-hybridized carbons (Fsp3) is 0.320. The van der Waals surface area contributed by atoms with Crippen LogP contribution >= 0.6 is 11.6 Å². The number of hydrogen-bond donors (Lipinski definition) is 3. The van der Waals surface area contributed by atoms with Crippen molar-refractivity contribution in [1.82, 2.24) is 5.32 Å². The second-order valence-electron chi connectivity index (χ2n) is 9.23. The number of nitrogens with zero attached hydrogens (tertiary/aromatic N) is 1. The van der Waals surface area contributed by atoms with Gasteiger partial charge in [0.05, 0.1) is 23.2 Å². The minimum atomic E-state index is -1.50. The predicted molar refractivity (Wildman–Crippen MR) is 128 cm³/mol. The van der Waals surface area contributed by atoms with Crippen LogP contribution in [0.5, 0.6) is 0 Å². The average molecular weight is 495 g/mol. The highest BCUT2D eigenvalue weighted by atomic mass is 35.5. The summed E-state index contributed by atoms with van der Waals surface area (Å²) >= 11 is 6.27. The molecular weight excluding hydrogens is 472 g/mol. The molecule has 4 amide bonds. The molecule has 0 unspecified atom stereocenters. The van der Waals surface area contributed by atoms with Crippen LogP contribution in [0.3, 0.4) is 0 Å². The van der Waals surface area contributed by atoms with Crippen molar-refractivity contribution in [3.05, 3.63) is 58.1 Å². The first-order valence-corrected chi connectivity index (χ1v) is 11.6. The summed E-state index contributed by atoms with van der Waals surface area (Å²) in [5, 5.41) is 6.57. The second kappa shape index (κ2) is 8.00. The molecule has 3 aliphatic heterocycles. The van der Waals surface area contributed by atoms with Gasteiger partial charge in [-0.2, -0.15) is 0 Å². The lowest BCUT2D eigenvalue weighted by Gasteiger charge is -2.29. The molecule has 5 rings (SSSR count). The molecule has 0 aromatic heterocycles. The number of nitrogens with two attached hydrogens (primary N) is 1. The minimum Gasteiger partial charge on any atom is -0.370 e. The standard InChI is InChI=1S/C25H23ClN4O5/c1-11-16(26)8-7-15-21(11)28-24(35)25(15)20-19(17(29-25)9-10-18(27)32)22(33)30(23(20)34)14-5-3-13(4-6-14)12(2)31/h3-8,17,19-20,29H,9-10H2,1-2H3,(H2,27,32)(H,28,35)/t17-,19-,20+,25-/m1/s1. The molecule has 4 N–H and O–H groups in total. The number of fused-ring (bicyclic) bond motifs is 4. The van der Waals surface area contributed by atoms with E-state index in [4.69, 9.17) is 17.3 Å². The molecule has 2 saturated heterocycles. The smallest absolute Gasteiger partial charge is 0.250 e. The summed E-state index contributed by atoms with van der Waals surface area (Å²) < 4.78 is 0. The maximum Gasteiger partial charge on any atom is 0.250 e. The lowest BCUT2D eigenvalue weighted by molar-refractivity contribution is -0.130. The maximum absolute atomic E-state index is 13.9. The van der Waals surface area contributed by atoms with Crippen molar-refractivity contribution in [1.29, 1.82) is 0 Å². The largest absolute Gasteiger partial charge is 0.370 e. The number of carbonyl (C=O) groups is 5. The molecule has 9 nitrogen and oxygen atoms in total. The Balaban J connectivity index is 1.63. The molecule has 2 fully saturated rings. The Morgan fingerprint density at radius 1 is 1.09 bits per heavy atom. The molecule has 180 valence electrons. The number of anilines is 2. The first kappa shape index (κ1) is 23.2. The summed E-state index contributed by atoms with van der Waals surface area (Å²) in [4.78, 5) is 65.4. The normalized spacial score (nSPS) is 26.8. The highest BCUT2D eigenvalue weighted by Crippen LogP contribution is 2.55. The van der Waals surface area contributed by atoms with Gasteiger partial charge in [-0.25, -0.2) is 4.90 Å². The summed E-state index contributed by atoms with van der Waals surface area (Å²) in [6.45, 7) is 3.19. The van der Waals surface area contributed by atoms with Crippen molar-refractivity contribution in [2.75, 3.05) is 10.2 Å². The molecule has 3 heterocycles. The van der Waals surface area contributed by atoms with Crippen LogP contribution in [-0.2, 0) is 24.7 Å². The van der Waals surface area contributed by atoms with E-state index in [0.717, 1.165) is 4.90 Å². The fourth-order valence-corrected chi connectivity index (χ4v) is 5.79. The molecule has 1 spiro atoms. The number of ketones is 1. The molecule has 10 heteroatoms. The number of Topliss-reactive ketones (excluding diaryl/α,β-unsaturated/α-hetero) is 1. The van der Waals surface area contributed by atoms with Gasteiger partial charge in [-0.3, -0.25) is 29.3 Å². The zero-order valence-corrected chi connectivity index (χ0v) is 19.8. The van der Waals surface area contributed by atoms with Crippen molar-refractivity contribution >= 4 is 52.4 Å². The van der Waals surface area contributed by atoms with Crippen molar-refractivity contribution in [3.63, 3.8) is 0 Å². The average Bonchev–Trinajstić information content (AvgIpc) is 3.40. The number of carbonyl (C=O) groups excluding carboxylic acids is 5. The van der Waals surface area contributed by atoms with Crippen molar-refractivity contribution in [3.8, 4) is 0 Å². The Kier molecular flexibility index (Phi) is 5.30. The molecule has 0 bridgehead atoms. The number of imide groups is 1. The number of benzene rings is 2. The first-order chi connectivity index (χ1) is 16.6. The quantitative estimate of drug-likeness (QED) is 0.429. The number of amides is 4. The predicted octanol–water partition coefficient (Wildman–Crippen LogP) is 2.04. The van der Waals surface area contributed by atoms with E-state index in [9.17, 15) is 24.0 Å². The molecule has 2 aromatic carbocycles. The third kappa shape index (κ3) is 3.22. The van der Waals surface area contributed by atoms with Crippen LogP contribution in [0.15, 0.2) is 36.4 Å². The van der Waals surface area contributed by atoms with E-state index < -0.39 is 47.0 Å². The van der Waals surface area contributed by atoms with Crippen LogP contribution < -0.4 is 21.3 Å². The van der Waals surface area contributed by atoms with Crippen LogP contribution in [0.1, 0.15) is 41.3 Å². The van der Waals surface area contributed by atoms with Crippen molar-refractivity contribution < 1.29 is 24.0 Å². The van der Waals surface area contributed by atoms with E-state index in [-0.39, 0.29) is 18.6 Å². The van der Waals surface area contributed by atoms with E-state index >= 15 is 0 Å². The molecule has 3 aliphatic rings. The van der Waals surface area contributed by atoms with Gasteiger partial charge in [0.15, 0.2) is 5.78 Å². The Morgan fingerprint density at radius 2 is 1.77 bits per heavy atom. The lowest BCUT2D eigenvalue weighted by Crippen LogP contribution is -2.53. The highest BCUT2D eigenvalue weighted by molar-refractivity contribution is 6.32.